The van der Waals surface area contributed by atoms with Crippen LogP contribution in [-0.2, 0) is 6.54 Å². The van der Waals surface area contributed by atoms with E-state index in [1.807, 2.05) is 28.8 Å². The van der Waals surface area contributed by atoms with Crippen molar-refractivity contribution in [3.63, 3.8) is 0 Å². The molecule has 0 fully saturated rings. The Morgan fingerprint density at radius 2 is 2.05 bits per heavy atom. The fourth-order valence-corrected chi connectivity index (χ4v) is 2.70. The van der Waals surface area contributed by atoms with Crippen LogP contribution in [0, 0.1) is 17.5 Å². The number of benzene rings is 2. The maximum absolute atomic E-state index is 13.6. The van der Waals surface area contributed by atoms with E-state index in [0.29, 0.717) is 27.4 Å². The van der Waals surface area contributed by atoms with E-state index in [-0.39, 0.29) is 5.82 Å². The molecule has 0 aliphatic rings. The highest BCUT2D eigenvalue weighted by atomic mass is 35.5. The third kappa shape index (κ3) is 2.25. The summed E-state index contributed by atoms with van der Waals surface area (Å²) in [5.41, 5.74) is 3.16. The van der Waals surface area contributed by atoms with E-state index in [1.165, 1.54) is 6.07 Å². The Balaban J connectivity index is 2.17. The number of nitrogens with zero attached hydrogens (tertiary/aromatic N) is 1. The van der Waals surface area contributed by atoms with Gasteiger partial charge in [-0.3, -0.25) is 0 Å². The predicted octanol–water partition coefficient (Wildman–Crippen LogP) is 4.85. The zero-order chi connectivity index (χ0) is 14.3. The molecule has 0 saturated carbocycles. The summed E-state index contributed by atoms with van der Waals surface area (Å²) in [5.74, 6) is -0.237. The van der Waals surface area contributed by atoms with Gasteiger partial charge in [0.05, 0.1) is 17.6 Å². The number of nitrogens with one attached hydrogen (secondary N) is 1. The zero-order valence-corrected chi connectivity index (χ0v) is 12.4. The van der Waals surface area contributed by atoms with Crippen molar-refractivity contribution >= 4 is 34.9 Å². The van der Waals surface area contributed by atoms with E-state index in [0.717, 1.165) is 11.1 Å². The molecule has 1 aromatic heterocycles. The van der Waals surface area contributed by atoms with E-state index >= 15 is 0 Å². The van der Waals surface area contributed by atoms with Crippen LogP contribution in [0.2, 0.25) is 5.02 Å². The Hall–Kier alpha value is -1.65. The molecule has 0 saturated heterocycles. The number of hydrogen-bond acceptors (Lipinski definition) is 1. The number of aromatic amines is 1. The average Bonchev–Trinajstić information content (AvgIpc) is 2.69. The normalized spacial score (nSPS) is 11.2. The van der Waals surface area contributed by atoms with E-state index < -0.39 is 0 Å². The van der Waals surface area contributed by atoms with E-state index in [2.05, 4.69) is 4.98 Å². The summed E-state index contributed by atoms with van der Waals surface area (Å²) in [6.45, 7) is 2.30. The van der Waals surface area contributed by atoms with Crippen LogP contribution in [-0.4, -0.2) is 9.55 Å². The Kier molecular flexibility index (Phi) is 3.36. The molecule has 0 aliphatic heterocycles. The second-order valence-corrected chi connectivity index (χ2v) is 5.52. The molecule has 1 N–H and O–H groups in total. The lowest BCUT2D eigenvalue weighted by atomic mass is 10.2. The van der Waals surface area contributed by atoms with E-state index in [1.54, 1.807) is 13.0 Å². The summed E-state index contributed by atoms with van der Waals surface area (Å²) in [7, 11) is 0. The fraction of sp³-hybridized carbons (Fsp3) is 0.133. The van der Waals surface area contributed by atoms with Crippen molar-refractivity contribution in [3.8, 4) is 0 Å². The van der Waals surface area contributed by atoms with Crippen molar-refractivity contribution in [1.82, 2.24) is 9.55 Å². The van der Waals surface area contributed by atoms with Crippen LogP contribution in [0.3, 0.4) is 0 Å². The molecule has 0 aliphatic carbocycles. The van der Waals surface area contributed by atoms with Gasteiger partial charge in [0.2, 0.25) is 0 Å². The number of aryl methyl sites for hydroxylation is 1. The van der Waals surface area contributed by atoms with Crippen LogP contribution in [0.4, 0.5) is 4.39 Å². The molecule has 0 atom stereocenters. The summed E-state index contributed by atoms with van der Waals surface area (Å²) in [4.78, 5) is 3.03. The van der Waals surface area contributed by atoms with Crippen molar-refractivity contribution in [2.75, 3.05) is 0 Å². The Labute approximate surface area is 125 Å². The number of hydrogen-bond donors (Lipinski definition) is 1. The zero-order valence-electron chi connectivity index (χ0n) is 10.8. The number of fused-ring (bicyclic) bond motifs is 1. The third-order valence-electron chi connectivity index (χ3n) is 3.34. The van der Waals surface area contributed by atoms with Gasteiger partial charge in [-0.25, -0.2) is 4.39 Å². The molecule has 20 heavy (non-hydrogen) atoms. The molecular formula is C15H12ClFN2S. The molecule has 0 amide bonds. The number of rotatable bonds is 2. The molecule has 2 nitrogen and oxygen atoms in total. The van der Waals surface area contributed by atoms with Gasteiger partial charge in [0.1, 0.15) is 5.82 Å². The highest BCUT2D eigenvalue weighted by Gasteiger charge is 2.09. The van der Waals surface area contributed by atoms with Crippen LogP contribution in [0.1, 0.15) is 11.1 Å². The van der Waals surface area contributed by atoms with E-state index in [9.17, 15) is 4.39 Å². The molecule has 3 aromatic rings. The Bertz CT molecular complexity index is 851. The van der Waals surface area contributed by atoms with Gasteiger partial charge in [0.15, 0.2) is 4.77 Å². The van der Waals surface area contributed by atoms with Gasteiger partial charge in [-0.2, -0.15) is 0 Å². The second-order valence-electron chi connectivity index (χ2n) is 4.73. The van der Waals surface area contributed by atoms with Crippen molar-refractivity contribution < 1.29 is 4.39 Å². The quantitative estimate of drug-likeness (QED) is 0.671. The van der Waals surface area contributed by atoms with Crippen LogP contribution < -0.4 is 0 Å². The molecule has 0 radical (unpaired) electrons. The number of imidazole rings is 1. The Morgan fingerprint density at radius 3 is 2.80 bits per heavy atom. The lowest BCUT2D eigenvalue weighted by Gasteiger charge is -2.07. The molecule has 102 valence electrons. The van der Waals surface area contributed by atoms with Gasteiger partial charge in [-0.05, 0) is 48.5 Å². The molecule has 0 bridgehead atoms. The smallest absolute Gasteiger partial charge is 0.178 e. The SMILES string of the molecule is Cc1cc2c(cc1F)[nH]c(=S)n2Cc1ccccc1Cl. The molecule has 0 spiro atoms. The van der Waals surface area contributed by atoms with Crippen LogP contribution in [0.25, 0.3) is 11.0 Å². The van der Waals surface area contributed by atoms with Crippen molar-refractivity contribution in [3.05, 3.63) is 63.1 Å². The van der Waals surface area contributed by atoms with Crippen molar-refractivity contribution in [1.29, 1.82) is 0 Å². The molecule has 0 unspecified atom stereocenters. The fourth-order valence-electron chi connectivity index (χ4n) is 2.24. The minimum atomic E-state index is -0.237. The van der Waals surface area contributed by atoms with E-state index in [4.69, 9.17) is 23.8 Å². The van der Waals surface area contributed by atoms with Gasteiger partial charge >= 0.3 is 0 Å². The maximum atomic E-state index is 13.6. The molecule has 1 heterocycles. The molecule has 3 rings (SSSR count). The summed E-state index contributed by atoms with van der Waals surface area (Å²) < 4.78 is 16.1. The second kappa shape index (κ2) is 5.04. The summed E-state index contributed by atoms with van der Waals surface area (Å²) >= 11 is 11.5. The highest BCUT2D eigenvalue weighted by molar-refractivity contribution is 7.71. The topological polar surface area (TPSA) is 20.7 Å². The number of aromatic nitrogens is 2. The average molecular weight is 307 g/mol. The number of halogens is 2. The third-order valence-corrected chi connectivity index (χ3v) is 4.03. The van der Waals surface area contributed by atoms with Crippen LogP contribution >= 0.6 is 23.8 Å². The van der Waals surface area contributed by atoms with Gasteiger partial charge in [0.25, 0.3) is 0 Å². The molecular weight excluding hydrogens is 295 g/mol. The van der Waals surface area contributed by atoms with Crippen molar-refractivity contribution in [2.45, 2.75) is 13.5 Å². The maximum Gasteiger partial charge on any atom is 0.178 e. The standard InChI is InChI=1S/C15H12ClFN2S/c1-9-6-14-13(7-12(9)17)18-15(20)19(14)8-10-4-2-3-5-11(10)16/h2-7H,8H2,1H3,(H,18,20). The first-order valence-electron chi connectivity index (χ1n) is 6.18. The lowest BCUT2D eigenvalue weighted by Crippen LogP contribution is -2.00. The van der Waals surface area contributed by atoms with Crippen LogP contribution in [0.5, 0.6) is 0 Å². The van der Waals surface area contributed by atoms with Crippen molar-refractivity contribution in [2.24, 2.45) is 0 Å². The minimum Gasteiger partial charge on any atom is -0.330 e. The largest absolute Gasteiger partial charge is 0.330 e. The lowest BCUT2D eigenvalue weighted by molar-refractivity contribution is 0.620. The first-order chi connectivity index (χ1) is 9.56. The van der Waals surface area contributed by atoms with Crippen LogP contribution in [0.15, 0.2) is 36.4 Å². The van der Waals surface area contributed by atoms with Gasteiger partial charge in [-0.15, -0.1) is 0 Å². The van der Waals surface area contributed by atoms with Gasteiger partial charge in [-0.1, -0.05) is 29.8 Å². The van der Waals surface area contributed by atoms with Gasteiger partial charge < -0.3 is 9.55 Å². The predicted molar refractivity (Wildman–Crippen MR) is 82.4 cm³/mol. The highest BCUT2D eigenvalue weighted by Crippen LogP contribution is 2.22. The first-order valence-corrected chi connectivity index (χ1v) is 6.97. The first kappa shape index (κ1) is 13.3. The molecule has 2 aromatic carbocycles. The van der Waals surface area contributed by atoms with Gasteiger partial charge in [0, 0.05) is 5.02 Å². The minimum absolute atomic E-state index is 0.237. The molecule has 5 heteroatoms. The number of H-pyrrole nitrogens is 1. The summed E-state index contributed by atoms with van der Waals surface area (Å²) in [6, 6.07) is 10.9. The summed E-state index contributed by atoms with van der Waals surface area (Å²) in [6.07, 6.45) is 0. The monoisotopic (exact) mass is 306 g/mol. The summed E-state index contributed by atoms with van der Waals surface area (Å²) in [5, 5.41) is 0.697. The Morgan fingerprint density at radius 1 is 1.30 bits per heavy atom.